The fourth-order valence-corrected chi connectivity index (χ4v) is 4.17. The van der Waals surface area contributed by atoms with Gasteiger partial charge in [0.1, 0.15) is 6.04 Å². The molecule has 4 heteroatoms. The van der Waals surface area contributed by atoms with Crippen molar-refractivity contribution in [3.05, 3.63) is 71.3 Å². The molecule has 2 aromatic carbocycles. The van der Waals surface area contributed by atoms with Gasteiger partial charge in [0.25, 0.3) is 0 Å². The Morgan fingerprint density at radius 3 is 2.38 bits per heavy atom. The molecule has 1 aliphatic rings. The van der Waals surface area contributed by atoms with Gasteiger partial charge in [0, 0.05) is 12.6 Å². The van der Waals surface area contributed by atoms with Gasteiger partial charge in [0.05, 0.1) is 6.42 Å². The molecule has 0 unspecified atom stereocenters. The van der Waals surface area contributed by atoms with Gasteiger partial charge in [-0.25, -0.2) is 0 Å². The molecule has 0 aromatic heterocycles. The predicted octanol–water partition coefficient (Wildman–Crippen LogP) is 4.40. The number of benzene rings is 2. The van der Waals surface area contributed by atoms with E-state index in [0.29, 0.717) is 19.4 Å². The van der Waals surface area contributed by atoms with Crippen LogP contribution in [0.5, 0.6) is 0 Å². The largest absolute Gasteiger partial charge is 0.352 e. The normalized spacial score (nSPS) is 15.1. The van der Waals surface area contributed by atoms with E-state index >= 15 is 0 Å². The summed E-state index contributed by atoms with van der Waals surface area (Å²) in [7, 11) is 0. The molecule has 0 radical (unpaired) electrons. The average molecular weight is 393 g/mol. The Labute approximate surface area is 174 Å². The highest BCUT2D eigenvalue weighted by Crippen LogP contribution is 2.20. The third-order valence-corrected chi connectivity index (χ3v) is 5.72. The second kappa shape index (κ2) is 10.2. The summed E-state index contributed by atoms with van der Waals surface area (Å²) in [6.07, 6.45) is 5.33. The van der Waals surface area contributed by atoms with Gasteiger partial charge in [0.15, 0.2) is 0 Å². The Morgan fingerprint density at radius 2 is 1.72 bits per heavy atom. The lowest BCUT2D eigenvalue weighted by atomic mass is 10.0. The Hall–Kier alpha value is -2.62. The molecule has 0 saturated heterocycles. The van der Waals surface area contributed by atoms with Crippen molar-refractivity contribution in [1.82, 2.24) is 10.2 Å². The van der Waals surface area contributed by atoms with Gasteiger partial charge in [-0.05, 0) is 37.3 Å². The SMILES string of the molecule is CC[C@@H](C(=O)NC1CCCC1)N(Cc1ccccc1)C(=O)Cc1cccc(C)c1. The van der Waals surface area contributed by atoms with Crippen LogP contribution in [0, 0.1) is 6.92 Å². The molecule has 0 aliphatic heterocycles. The van der Waals surface area contributed by atoms with Crippen LogP contribution in [0.4, 0.5) is 0 Å². The van der Waals surface area contributed by atoms with Gasteiger partial charge >= 0.3 is 0 Å². The Kier molecular flexibility index (Phi) is 7.45. The van der Waals surface area contributed by atoms with Crippen molar-refractivity contribution in [2.45, 2.75) is 71.0 Å². The number of amides is 2. The first-order chi connectivity index (χ1) is 14.1. The number of hydrogen-bond donors (Lipinski definition) is 1. The van der Waals surface area contributed by atoms with Gasteiger partial charge in [-0.3, -0.25) is 9.59 Å². The number of nitrogens with one attached hydrogen (secondary N) is 1. The van der Waals surface area contributed by atoms with Gasteiger partial charge in [-0.1, -0.05) is 79.9 Å². The Morgan fingerprint density at radius 1 is 1.03 bits per heavy atom. The van der Waals surface area contributed by atoms with Crippen LogP contribution in [0.1, 0.15) is 55.7 Å². The molecule has 1 aliphatic carbocycles. The van der Waals surface area contributed by atoms with Crippen molar-refractivity contribution in [1.29, 1.82) is 0 Å². The van der Waals surface area contributed by atoms with Gasteiger partial charge in [0.2, 0.25) is 11.8 Å². The van der Waals surface area contributed by atoms with Gasteiger partial charge in [-0.2, -0.15) is 0 Å². The van der Waals surface area contributed by atoms with Gasteiger partial charge < -0.3 is 10.2 Å². The van der Waals surface area contributed by atoms with Crippen molar-refractivity contribution in [3.63, 3.8) is 0 Å². The van der Waals surface area contributed by atoms with E-state index in [1.165, 1.54) is 12.8 Å². The zero-order valence-electron chi connectivity index (χ0n) is 17.6. The maximum absolute atomic E-state index is 13.3. The van der Waals surface area contributed by atoms with E-state index in [0.717, 1.165) is 29.5 Å². The Balaban J connectivity index is 1.79. The lowest BCUT2D eigenvalue weighted by Gasteiger charge is -2.31. The topological polar surface area (TPSA) is 49.4 Å². The molecule has 0 bridgehead atoms. The smallest absolute Gasteiger partial charge is 0.243 e. The maximum atomic E-state index is 13.3. The van der Waals surface area contributed by atoms with Crippen LogP contribution in [-0.4, -0.2) is 28.8 Å². The van der Waals surface area contributed by atoms with Crippen molar-refractivity contribution >= 4 is 11.8 Å². The minimum atomic E-state index is -0.451. The highest BCUT2D eigenvalue weighted by atomic mass is 16.2. The molecule has 2 amide bonds. The van der Waals surface area contributed by atoms with Crippen molar-refractivity contribution < 1.29 is 9.59 Å². The van der Waals surface area contributed by atoms with Crippen molar-refractivity contribution in [2.75, 3.05) is 0 Å². The summed E-state index contributed by atoms with van der Waals surface area (Å²) in [5.41, 5.74) is 3.16. The van der Waals surface area contributed by atoms with E-state index in [2.05, 4.69) is 5.32 Å². The van der Waals surface area contributed by atoms with Crippen LogP contribution >= 0.6 is 0 Å². The summed E-state index contributed by atoms with van der Waals surface area (Å²) < 4.78 is 0. The summed E-state index contributed by atoms with van der Waals surface area (Å²) in [6, 6.07) is 17.7. The van der Waals surface area contributed by atoms with E-state index in [1.807, 2.05) is 68.4 Å². The monoisotopic (exact) mass is 392 g/mol. The van der Waals surface area contributed by atoms with E-state index in [9.17, 15) is 9.59 Å². The molecule has 0 spiro atoms. The molecule has 1 N–H and O–H groups in total. The summed E-state index contributed by atoms with van der Waals surface area (Å²) in [5, 5.41) is 3.19. The first-order valence-electron chi connectivity index (χ1n) is 10.8. The molecular formula is C25H32N2O2. The lowest BCUT2D eigenvalue weighted by Crippen LogP contribution is -2.51. The van der Waals surface area contributed by atoms with E-state index < -0.39 is 6.04 Å². The molecule has 0 heterocycles. The first kappa shape index (κ1) is 21.1. The zero-order chi connectivity index (χ0) is 20.6. The second-order valence-electron chi connectivity index (χ2n) is 8.09. The highest BCUT2D eigenvalue weighted by molar-refractivity contribution is 5.88. The number of aryl methyl sites for hydroxylation is 1. The van der Waals surface area contributed by atoms with Crippen LogP contribution in [-0.2, 0) is 22.6 Å². The van der Waals surface area contributed by atoms with E-state index in [1.54, 1.807) is 4.90 Å². The molecule has 154 valence electrons. The minimum Gasteiger partial charge on any atom is -0.352 e. The van der Waals surface area contributed by atoms with E-state index in [4.69, 9.17) is 0 Å². The minimum absolute atomic E-state index is 0.00660. The summed E-state index contributed by atoms with van der Waals surface area (Å²) in [5.74, 6) is -0.0270. The Bertz CT molecular complexity index is 813. The van der Waals surface area contributed by atoms with E-state index in [-0.39, 0.29) is 17.9 Å². The number of hydrogen-bond acceptors (Lipinski definition) is 2. The van der Waals surface area contributed by atoms with Crippen LogP contribution < -0.4 is 5.32 Å². The first-order valence-corrected chi connectivity index (χ1v) is 10.8. The molecule has 4 nitrogen and oxygen atoms in total. The number of carbonyl (C=O) groups excluding carboxylic acids is 2. The lowest BCUT2D eigenvalue weighted by molar-refractivity contribution is -0.141. The molecule has 1 fully saturated rings. The third-order valence-electron chi connectivity index (χ3n) is 5.72. The number of nitrogens with zero attached hydrogens (tertiary/aromatic N) is 1. The van der Waals surface area contributed by atoms with Crippen LogP contribution in [0.25, 0.3) is 0 Å². The fraction of sp³-hybridized carbons (Fsp3) is 0.440. The van der Waals surface area contributed by atoms with Crippen LogP contribution in [0.2, 0.25) is 0 Å². The average Bonchev–Trinajstić information content (AvgIpc) is 3.21. The third kappa shape index (κ3) is 5.93. The standard InChI is InChI=1S/C25H32N2O2/c1-3-23(25(29)26-22-14-7-8-15-22)27(18-20-11-5-4-6-12-20)24(28)17-21-13-9-10-19(2)16-21/h4-6,9-13,16,22-23H,3,7-8,14-15,17-18H2,1-2H3,(H,26,29)/t23-/m0/s1. The molecule has 1 saturated carbocycles. The quantitative estimate of drug-likeness (QED) is 0.724. The zero-order valence-corrected chi connectivity index (χ0v) is 17.6. The van der Waals surface area contributed by atoms with Crippen LogP contribution in [0.3, 0.4) is 0 Å². The van der Waals surface area contributed by atoms with Crippen molar-refractivity contribution in [2.24, 2.45) is 0 Å². The summed E-state index contributed by atoms with van der Waals surface area (Å²) in [4.78, 5) is 28.1. The summed E-state index contributed by atoms with van der Waals surface area (Å²) >= 11 is 0. The second-order valence-corrected chi connectivity index (χ2v) is 8.09. The maximum Gasteiger partial charge on any atom is 0.243 e. The van der Waals surface area contributed by atoms with Crippen LogP contribution in [0.15, 0.2) is 54.6 Å². The molecule has 3 rings (SSSR count). The fourth-order valence-electron chi connectivity index (χ4n) is 4.17. The molecular weight excluding hydrogens is 360 g/mol. The predicted molar refractivity (Wildman–Crippen MR) is 116 cm³/mol. The highest BCUT2D eigenvalue weighted by Gasteiger charge is 2.30. The number of carbonyl (C=O) groups is 2. The molecule has 2 aromatic rings. The molecule has 1 atom stereocenters. The number of rotatable bonds is 8. The summed E-state index contributed by atoms with van der Waals surface area (Å²) in [6.45, 7) is 4.46. The van der Waals surface area contributed by atoms with Crippen molar-refractivity contribution in [3.8, 4) is 0 Å². The van der Waals surface area contributed by atoms with Gasteiger partial charge in [-0.15, -0.1) is 0 Å². The molecule has 29 heavy (non-hydrogen) atoms.